The average molecular weight is 454 g/mol. The molecule has 32 heavy (non-hydrogen) atoms. The number of amides is 2. The van der Waals surface area contributed by atoms with E-state index in [-0.39, 0.29) is 24.0 Å². The predicted octanol–water partition coefficient (Wildman–Crippen LogP) is 3.69. The third-order valence-electron chi connectivity index (χ3n) is 4.71. The van der Waals surface area contributed by atoms with Crippen LogP contribution in [-0.4, -0.2) is 38.9 Å². The van der Waals surface area contributed by atoms with Crippen molar-refractivity contribution in [2.45, 2.75) is 31.8 Å². The van der Waals surface area contributed by atoms with Gasteiger partial charge in [0, 0.05) is 12.7 Å². The molecule has 2 aromatic carbocycles. The van der Waals surface area contributed by atoms with Crippen LogP contribution in [0.4, 0.5) is 11.4 Å². The maximum atomic E-state index is 12.5. The van der Waals surface area contributed by atoms with Crippen LogP contribution in [0.3, 0.4) is 0 Å². The largest absolute Gasteiger partial charge is 0.492 e. The van der Waals surface area contributed by atoms with E-state index in [9.17, 15) is 9.59 Å². The van der Waals surface area contributed by atoms with Crippen LogP contribution in [0.5, 0.6) is 5.75 Å². The van der Waals surface area contributed by atoms with Gasteiger partial charge in [0.25, 0.3) is 0 Å². The van der Waals surface area contributed by atoms with E-state index in [1.807, 2.05) is 56.3 Å². The Kier molecular flexibility index (Phi) is 8.27. The zero-order valence-electron chi connectivity index (χ0n) is 18.4. The Hall–Kier alpha value is -3.33. The Morgan fingerprint density at radius 3 is 2.41 bits per heavy atom. The number of thioether (sulfide) groups is 1. The minimum atomic E-state index is -0.180. The summed E-state index contributed by atoms with van der Waals surface area (Å²) in [4.78, 5) is 24.9. The molecule has 0 atom stereocenters. The molecule has 3 rings (SSSR count). The lowest BCUT2D eigenvalue weighted by molar-refractivity contribution is -0.116. The molecule has 8 nitrogen and oxygen atoms in total. The van der Waals surface area contributed by atoms with Gasteiger partial charge < -0.3 is 19.9 Å². The molecule has 0 saturated heterocycles. The van der Waals surface area contributed by atoms with Gasteiger partial charge in [0.2, 0.25) is 11.8 Å². The first kappa shape index (κ1) is 23.3. The molecule has 0 fully saturated rings. The molecule has 0 unspecified atom stereocenters. The van der Waals surface area contributed by atoms with Gasteiger partial charge in [0.15, 0.2) is 5.16 Å². The van der Waals surface area contributed by atoms with E-state index >= 15 is 0 Å². The summed E-state index contributed by atoms with van der Waals surface area (Å²) in [5, 5.41) is 14.6. The number of hydrogen-bond donors (Lipinski definition) is 2. The number of carbonyl (C=O) groups is 2. The molecule has 0 aliphatic carbocycles. The number of ether oxygens (including phenoxy) is 1. The fraction of sp³-hybridized carbons (Fsp3) is 0.304. The van der Waals surface area contributed by atoms with Crippen LogP contribution in [0.1, 0.15) is 25.2 Å². The second-order valence-electron chi connectivity index (χ2n) is 6.96. The highest BCUT2D eigenvalue weighted by molar-refractivity contribution is 7.99. The lowest BCUT2D eigenvalue weighted by Gasteiger charge is -2.11. The molecule has 2 amide bonds. The minimum absolute atomic E-state index is 0.0933. The van der Waals surface area contributed by atoms with Gasteiger partial charge in [-0.2, -0.15) is 0 Å². The van der Waals surface area contributed by atoms with Gasteiger partial charge in [-0.15, -0.1) is 10.2 Å². The maximum Gasteiger partial charge on any atom is 0.234 e. The second kappa shape index (κ2) is 11.3. The molecule has 168 valence electrons. The van der Waals surface area contributed by atoms with E-state index in [1.54, 1.807) is 17.7 Å². The normalized spacial score (nSPS) is 10.6. The lowest BCUT2D eigenvalue weighted by atomic mass is 10.1. The summed E-state index contributed by atoms with van der Waals surface area (Å²) in [6.45, 7) is 4.45. The summed E-state index contributed by atoms with van der Waals surface area (Å²) in [6.07, 6.45) is 0.925. The molecule has 0 bridgehead atoms. The first-order valence-electron chi connectivity index (χ1n) is 10.4. The summed E-state index contributed by atoms with van der Waals surface area (Å²) in [5.74, 6) is 0.970. The zero-order chi connectivity index (χ0) is 22.9. The number of anilines is 2. The van der Waals surface area contributed by atoms with Gasteiger partial charge in [0.05, 0.1) is 24.5 Å². The van der Waals surface area contributed by atoms with Gasteiger partial charge >= 0.3 is 0 Å². The standard InChI is InChI=1S/C23H27N5O3S/c1-4-16-10-6-7-11-17(16)24-21(29)14-20-26-27-23(28(20)3)32-15-22(30)25-18-12-8-9-13-19(18)31-5-2/h6-13H,4-5,14-15H2,1-3H3,(H,24,29)(H,25,30). The second-order valence-corrected chi connectivity index (χ2v) is 7.90. The van der Waals surface area contributed by atoms with Crippen LogP contribution < -0.4 is 15.4 Å². The lowest BCUT2D eigenvalue weighted by Crippen LogP contribution is -2.18. The Labute approximate surface area is 191 Å². The Morgan fingerprint density at radius 2 is 1.66 bits per heavy atom. The molecule has 0 radical (unpaired) electrons. The molecule has 2 N–H and O–H groups in total. The van der Waals surface area contributed by atoms with Gasteiger partial charge in [-0.05, 0) is 37.1 Å². The fourth-order valence-electron chi connectivity index (χ4n) is 3.08. The van der Waals surface area contributed by atoms with E-state index in [4.69, 9.17) is 4.74 Å². The minimum Gasteiger partial charge on any atom is -0.492 e. The molecule has 1 aromatic heterocycles. The van der Waals surface area contributed by atoms with E-state index < -0.39 is 0 Å². The van der Waals surface area contributed by atoms with E-state index in [2.05, 4.69) is 20.8 Å². The Bertz CT molecular complexity index is 1080. The summed E-state index contributed by atoms with van der Waals surface area (Å²) in [5.41, 5.74) is 2.51. The highest BCUT2D eigenvalue weighted by atomic mass is 32.2. The average Bonchev–Trinajstić information content (AvgIpc) is 3.13. The van der Waals surface area contributed by atoms with Crippen molar-refractivity contribution in [2.75, 3.05) is 23.0 Å². The SMILES string of the molecule is CCOc1ccccc1NC(=O)CSc1nnc(CC(=O)Nc2ccccc2CC)n1C. The van der Waals surface area contributed by atoms with Gasteiger partial charge in [-0.25, -0.2) is 0 Å². The number of nitrogens with zero attached hydrogens (tertiary/aromatic N) is 3. The van der Waals surface area contributed by atoms with Crippen molar-refractivity contribution >= 4 is 35.0 Å². The number of aromatic nitrogens is 3. The van der Waals surface area contributed by atoms with Crippen LogP contribution in [0, 0.1) is 0 Å². The Morgan fingerprint density at radius 1 is 0.969 bits per heavy atom. The molecule has 0 aliphatic rings. The number of benzene rings is 2. The summed E-state index contributed by atoms with van der Waals surface area (Å²) in [6, 6.07) is 15.0. The van der Waals surface area contributed by atoms with Crippen LogP contribution >= 0.6 is 11.8 Å². The molecule has 3 aromatic rings. The van der Waals surface area contributed by atoms with Gasteiger partial charge in [0.1, 0.15) is 11.6 Å². The molecular weight excluding hydrogens is 426 g/mol. The smallest absolute Gasteiger partial charge is 0.234 e. The predicted molar refractivity (Wildman–Crippen MR) is 126 cm³/mol. The number of aryl methyl sites for hydroxylation is 1. The molecule has 0 aliphatic heterocycles. The zero-order valence-corrected chi connectivity index (χ0v) is 19.2. The molecule has 0 saturated carbocycles. The number of hydrogen-bond acceptors (Lipinski definition) is 6. The number of carbonyl (C=O) groups excluding carboxylic acids is 2. The van der Waals surface area contributed by atoms with Crippen LogP contribution in [0.15, 0.2) is 53.7 Å². The quantitative estimate of drug-likeness (QED) is 0.455. The number of rotatable bonds is 10. The van der Waals surface area contributed by atoms with Crippen molar-refractivity contribution in [3.63, 3.8) is 0 Å². The molecule has 9 heteroatoms. The highest BCUT2D eigenvalue weighted by Crippen LogP contribution is 2.24. The van der Waals surface area contributed by atoms with Crippen molar-refractivity contribution in [3.8, 4) is 5.75 Å². The first-order chi connectivity index (χ1) is 15.5. The van der Waals surface area contributed by atoms with Crippen molar-refractivity contribution in [1.29, 1.82) is 0 Å². The van der Waals surface area contributed by atoms with Crippen LogP contribution in [0.25, 0.3) is 0 Å². The van der Waals surface area contributed by atoms with Crippen molar-refractivity contribution in [1.82, 2.24) is 14.8 Å². The summed E-state index contributed by atoms with van der Waals surface area (Å²) in [7, 11) is 1.78. The third-order valence-corrected chi connectivity index (χ3v) is 5.73. The van der Waals surface area contributed by atoms with E-state index in [0.29, 0.717) is 29.0 Å². The van der Waals surface area contributed by atoms with Crippen LogP contribution in [0.2, 0.25) is 0 Å². The molecular formula is C23H27N5O3S. The monoisotopic (exact) mass is 453 g/mol. The maximum absolute atomic E-state index is 12.5. The number of para-hydroxylation sites is 3. The first-order valence-corrected chi connectivity index (χ1v) is 11.4. The van der Waals surface area contributed by atoms with E-state index in [0.717, 1.165) is 17.7 Å². The number of nitrogens with one attached hydrogen (secondary N) is 2. The molecule has 0 spiro atoms. The third kappa shape index (κ3) is 6.10. The summed E-state index contributed by atoms with van der Waals surface area (Å²) >= 11 is 1.26. The van der Waals surface area contributed by atoms with Crippen molar-refractivity contribution in [2.24, 2.45) is 7.05 Å². The van der Waals surface area contributed by atoms with Gasteiger partial charge in [-0.3, -0.25) is 9.59 Å². The topological polar surface area (TPSA) is 98.1 Å². The Balaban J connectivity index is 1.55. The highest BCUT2D eigenvalue weighted by Gasteiger charge is 2.16. The fourth-order valence-corrected chi connectivity index (χ4v) is 3.81. The van der Waals surface area contributed by atoms with Gasteiger partial charge in [-0.1, -0.05) is 49.0 Å². The molecule has 1 heterocycles. The summed E-state index contributed by atoms with van der Waals surface area (Å²) < 4.78 is 7.26. The van der Waals surface area contributed by atoms with E-state index in [1.165, 1.54) is 11.8 Å². The van der Waals surface area contributed by atoms with Crippen molar-refractivity contribution in [3.05, 3.63) is 59.9 Å². The van der Waals surface area contributed by atoms with Crippen LogP contribution in [-0.2, 0) is 29.5 Å². The van der Waals surface area contributed by atoms with Crippen molar-refractivity contribution < 1.29 is 14.3 Å².